The SMILES string of the molecule is O=C(Nc1ccc(N2CCCCC2)nc1)C1CSCCN1. The topological polar surface area (TPSA) is 57.3 Å². The quantitative estimate of drug-likeness (QED) is 0.890. The predicted molar refractivity (Wildman–Crippen MR) is 88.0 cm³/mol. The van der Waals surface area contributed by atoms with Crippen LogP contribution in [0.5, 0.6) is 0 Å². The maximum absolute atomic E-state index is 12.1. The molecule has 1 aromatic heterocycles. The van der Waals surface area contributed by atoms with Gasteiger partial charge in [0, 0.05) is 31.1 Å². The van der Waals surface area contributed by atoms with Crippen molar-refractivity contribution in [3.05, 3.63) is 18.3 Å². The fourth-order valence-electron chi connectivity index (χ4n) is 2.73. The smallest absolute Gasteiger partial charge is 0.242 e. The molecule has 2 fully saturated rings. The third-order valence-electron chi connectivity index (χ3n) is 3.93. The molecule has 6 heteroatoms. The standard InChI is InChI=1S/C15H22N4OS/c20-15(13-11-21-9-6-16-13)18-12-4-5-14(17-10-12)19-7-2-1-3-8-19/h4-5,10,13,16H,1-3,6-9,11H2,(H,18,20). The van der Waals surface area contributed by atoms with Crippen LogP contribution in [0.3, 0.4) is 0 Å². The van der Waals surface area contributed by atoms with Crippen molar-refractivity contribution in [2.24, 2.45) is 0 Å². The second kappa shape index (κ2) is 7.13. The van der Waals surface area contributed by atoms with E-state index in [1.165, 1.54) is 19.3 Å². The lowest BCUT2D eigenvalue weighted by atomic mass is 10.1. The molecule has 0 aliphatic carbocycles. The number of hydrogen-bond acceptors (Lipinski definition) is 5. The van der Waals surface area contributed by atoms with Crippen LogP contribution in [0.15, 0.2) is 18.3 Å². The molecular formula is C15H22N4OS. The van der Waals surface area contributed by atoms with Gasteiger partial charge in [-0.05, 0) is 31.4 Å². The van der Waals surface area contributed by atoms with Gasteiger partial charge >= 0.3 is 0 Å². The number of rotatable bonds is 3. The highest BCUT2D eigenvalue weighted by molar-refractivity contribution is 7.99. The Hall–Kier alpha value is -1.27. The van der Waals surface area contributed by atoms with Crippen molar-refractivity contribution in [1.82, 2.24) is 10.3 Å². The first kappa shape index (κ1) is 14.7. The Morgan fingerprint density at radius 2 is 2.19 bits per heavy atom. The van der Waals surface area contributed by atoms with Crippen molar-refractivity contribution >= 4 is 29.2 Å². The number of nitrogens with one attached hydrogen (secondary N) is 2. The summed E-state index contributed by atoms with van der Waals surface area (Å²) in [6.07, 6.45) is 5.56. The maximum atomic E-state index is 12.1. The number of aromatic nitrogens is 1. The summed E-state index contributed by atoms with van der Waals surface area (Å²) in [5.74, 6) is 2.97. The number of pyridine rings is 1. The zero-order valence-electron chi connectivity index (χ0n) is 12.2. The van der Waals surface area contributed by atoms with Crippen molar-refractivity contribution in [2.75, 3.05) is 41.4 Å². The van der Waals surface area contributed by atoms with Crippen molar-refractivity contribution in [2.45, 2.75) is 25.3 Å². The van der Waals surface area contributed by atoms with Gasteiger partial charge in [-0.15, -0.1) is 0 Å². The molecule has 0 aromatic carbocycles. The summed E-state index contributed by atoms with van der Waals surface area (Å²) in [6.45, 7) is 3.07. The average molecular weight is 306 g/mol. The van der Waals surface area contributed by atoms with Crippen molar-refractivity contribution < 1.29 is 4.79 Å². The number of hydrogen-bond donors (Lipinski definition) is 2. The summed E-state index contributed by atoms with van der Waals surface area (Å²) in [6, 6.07) is 3.86. The van der Waals surface area contributed by atoms with Gasteiger partial charge in [0.15, 0.2) is 0 Å². The van der Waals surface area contributed by atoms with E-state index in [0.29, 0.717) is 0 Å². The molecule has 2 aliphatic rings. The molecule has 0 bridgehead atoms. The lowest BCUT2D eigenvalue weighted by Gasteiger charge is -2.27. The van der Waals surface area contributed by atoms with Crippen LogP contribution in [0.1, 0.15) is 19.3 Å². The number of anilines is 2. The Balaban J connectivity index is 1.57. The fourth-order valence-corrected chi connectivity index (χ4v) is 3.67. The van der Waals surface area contributed by atoms with Gasteiger partial charge in [-0.25, -0.2) is 4.98 Å². The predicted octanol–water partition coefficient (Wildman–Crippen LogP) is 1.72. The number of nitrogens with zero attached hydrogens (tertiary/aromatic N) is 2. The van der Waals surface area contributed by atoms with E-state index in [9.17, 15) is 4.79 Å². The first-order valence-electron chi connectivity index (χ1n) is 7.66. The maximum Gasteiger partial charge on any atom is 0.242 e. The summed E-state index contributed by atoms with van der Waals surface area (Å²) >= 11 is 1.82. The zero-order chi connectivity index (χ0) is 14.5. The lowest BCUT2D eigenvalue weighted by molar-refractivity contribution is -0.117. The molecule has 0 radical (unpaired) electrons. The van der Waals surface area contributed by atoms with Gasteiger partial charge in [0.2, 0.25) is 5.91 Å². The molecule has 2 N–H and O–H groups in total. The summed E-state index contributed by atoms with van der Waals surface area (Å²) in [7, 11) is 0. The molecule has 1 unspecified atom stereocenters. The minimum atomic E-state index is -0.0921. The van der Waals surface area contributed by atoms with Crippen LogP contribution in [0.2, 0.25) is 0 Å². The first-order chi connectivity index (χ1) is 10.3. The van der Waals surface area contributed by atoms with Crippen molar-refractivity contribution in [3.8, 4) is 0 Å². The largest absolute Gasteiger partial charge is 0.357 e. The van der Waals surface area contributed by atoms with Gasteiger partial charge in [-0.3, -0.25) is 4.79 Å². The molecule has 0 spiro atoms. The highest BCUT2D eigenvalue weighted by atomic mass is 32.2. The molecule has 2 aliphatic heterocycles. The number of thioether (sulfide) groups is 1. The van der Waals surface area contributed by atoms with Gasteiger partial charge < -0.3 is 15.5 Å². The average Bonchev–Trinajstić information content (AvgIpc) is 2.57. The molecule has 1 amide bonds. The minimum Gasteiger partial charge on any atom is -0.357 e. The number of carbonyl (C=O) groups is 1. The second-order valence-corrected chi connectivity index (χ2v) is 6.67. The van der Waals surface area contributed by atoms with E-state index in [-0.39, 0.29) is 11.9 Å². The zero-order valence-corrected chi connectivity index (χ0v) is 13.0. The minimum absolute atomic E-state index is 0.0368. The summed E-state index contributed by atoms with van der Waals surface area (Å²) in [5.41, 5.74) is 0.776. The normalized spacial score (nSPS) is 22.9. The van der Waals surface area contributed by atoms with Crippen LogP contribution in [0.25, 0.3) is 0 Å². The van der Waals surface area contributed by atoms with Crippen molar-refractivity contribution in [1.29, 1.82) is 0 Å². The first-order valence-corrected chi connectivity index (χ1v) is 8.81. The van der Waals surface area contributed by atoms with Gasteiger partial charge in [0.1, 0.15) is 5.82 Å². The second-order valence-electron chi connectivity index (χ2n) is 5.52. The molecule has 1 aromatic rings. The van der Waals surface area contributed by atoms with Crippen molar-refractivity contribution in [3.63, 3.8) is 0 Å². The molecule has 3 rings (SSSR count). The molecule has 5 nitrogen and oxygen atoms in total. The number of carbonyl (C=O) groups excluding carboxylic acids is 1. The van der Waals surface area contributed by atoms with Gasteiger partial charge in [0.05, 0.1) is 17.9 Å². The van der Waals surface area contributed by atoms with E-state index in [1.54, 1.807) is 6.20 Å². The highest BCUT2D eigenvalue weighted by Gasteiger charge is 2.21. The van der Waals surface area contributed by atoms with E-state index >= 15 is 0 Å². The molecular weight excluding hydrogens is 284 g/mol. The molecule has 1 atom stereocenters. The molecule has 21 heavy (non-hydrogen) atoms. The Bertz CT molecular complexity index is 467. The van der Waals surface area contributed by atoms with Crippen LogP contribution in [-0.4, -0.2) is 48.1 Å². The van der Waals surface area contributed by atoms with Crippen LogP contribution in [0.4, 0.5) is 11.5 Å². The monoisotopic (exact) mass is 306 g/mol. The third-order valence-corrected chi connectivity index (χ3v) is 5.00. The molecule has 114 valence electrons. The van der Waals surface area contributed by atoms with Gasteiger partial charge in [0.25, 0.3) is 0 Å². The van der Waals surface area contributed by atoms with Crippen LogP contribution in [0, 0.1) is 0 Å². The Morgan fingerprint density at radius 3 is 2.86 bits per heavy atom. The van der Waals surface area contributed by atoms with Gasteiger partial charge in [-0.1, -0.05) is 0 Å². The van der Waals surface area contributed by atoms with Crippen LogP contribution >= 0.6 is 11.8 Å². The molecule has 2 saturated heterocycles. The van der Waals surface area contributed by atoms with E-state index in [0.717, 1.165) is 42.6 Å². The van der Waals surface area contributed by atoms with E-state index in [4.69, 9.17) is 0 Å². The Labute approximate surface area is 129 Å². The summed E-state index contributed by atoms with van der Waals surface area (Å²) in [5, 5.41) is 6.19. The Kier molecular flexibility index (Phi) is 4.98. The lowest BCUT2D eigenvalue weighted by Crippen LogP contribution is -2.46. The summed E-state index contributed by atoms with van der Waals surface area (Å²) in [4.78, 5) is 18.9. The number of piperidine rings is 1. The van der Waals surface area contributed by atoms with Gasteiger partial charge in [-0.2, -0.15) is 11.8 Å². The van der Waals surface area contributed by atoms with Crippen LogP contribution < -0.4 is 15.5 Å². The third kappa shape index (κ3) is 3.89. The highest BCUT2D eigenvalue weighted by Crippen LogP contribution is 2.19. The van der Waals surface area contributed by atoms with E-state index in [1.807, 2.05) is 23.9 Å². The Morgan fingerprint density at radius 1 is 1.33 bits per heavy atom. The molecule has 0 saturated carbocycles. The van der Waals surface area contributed by atoms with E-state index in [2.05, 4.69) is 20.5 Å². The van der Waals surface area contributed by atoms with Crippen LogP contribution in [-0.2, 0) is 4.79 Å². The summed E-state index contributed by atoms with van der Waals surface area (Å²) < 4.78 is 0. The molecule has 3 heterocycles. The number of amides is 1. The fraction of sp³-hybridized carbons (Fsp3) is 0.600. The van der Waals surface area contributed by atoms with E-state index < -0.39 is 0 Å².